The SMILES string of the molecule is CCC1CCC(C(Cc2sccc2Br)NC)C1. The first-order chi connectivity index (χ1) is 8.24. The summed E-state index contributed by atoms with van der Waals surface area (Å²) in [7, 11) is 2.12. The van der Waals surface area contributed by atoms with E-state index in [2.05, 4.69) is 46.7 Å². The minimum atomic E-state index is 0.654. The molecule has 96 valence electrons. The van der Waals surface area contributed by atoms with E-state index in [1.807, 2.05) is 11.3 Å². The molecule has 3 atom stereocenters. The molecule has 3 unspecified atom stereocenters. The van der Waals surface area contributed by atoms with Gasteiger partial charge in [-0.05, 0) is 65.5 Å². The molecule has 0 spiro atoms. The number of hydrogen-bond acceptors (Lipinski definition) is 2. The van der Waals surface area contributed by atoms with E-state index in [4.69, 9.17) is 0 Å². The molecule has 1 nitrogen and oxygen atoms in total. The second-order valence-electron chi connectivity index (χ2n) is 5.14. The number of nitrogens with one attached hydrogen (secondary N) is 1. The molecule has 3 heteroatoms. The molecule has 1 aromatic rings. The van der Waals surface area contributed by atoms with Gasteiger partial charge in [-0.2, -0.15) is 0 Å². The molecule has 1 saturated carbocycles. The van der Waals surface area contributed by atoms with Gasteiger partial charge < -0.3 is 5.32 Å². The Hall–Kier alpha value is 0.140. The van der Waals surface area contributed by atoms with E-state index in [0.29, 0.717) is 6.04 Å². The normalized spacial score (nSPS) is 26.3. The first-order valence-corrected chi connectivity index (χ1v) is 8.31. The van der Waals surface area contributed by atoms with Gasteiger partial charge in [0.25, 0.3) is 0 Å². The highest BCUT2D eigenvalue weighted by molar-refractivity contribution is 9.10. The number of likely N-dealkylation sites (N-methyl/N-ethyl adjacent to an activating group) is 1. The largest absolute Gasteiger partial charge is 0.316 e. The maximum Gasteiger partial charge on any atom is 0.0314 e. The van der Waals surface area contributed by atoms with Crippen LogP contribution < -0.4 is 5.32 Å². The molecule has 1 aromatic heterocycles. The van der Waals surface area contributed by atoms with E-state index < -0.39 is 0 Å². The Kier molecular flexibility index (Phi) is 5.07. The zero-order valence-corrected chi connectivity index (χ0v) is 13.1. The fourth-order valence-corrected chi connectivity index (χ4v) is 4.60. The predicted molar refractivity (Wildman–Crippen MR) is 79.7 cm³/mol. The van der Waals surface area contributed by atoms with Crippen LogP contribution >= 0.6 is 27.3 Å². The van der Waals surface area contributed by atoms with Crippen molar-refractivity contribution in [2.75, 3.05) is 7.05 Å². The number of rotatable bonds is 5. The van der Waals surface area contributed by atoms with Gasteiger partial charge in [0, 0.05) is 15.4 Å². The molecule has 2 rings (SSSR count). The Balaban J connectivity index is 1.95. The van der Waals surface area contributed by atoms with Crippen molar-refractivity contribution in [3.63, 3.8) is 0 Å². The minimum absolute atomic E-state index is 0.654. The zero-order valence-electron chi connectivity index (χ0n) is 10.7. The van der Waals surface area contributed by atoms with Gasteiger partial charge in [0.1, 0.15) is 0 Å². The minimum Gasteiger partial charge on any atom is -0.316 e. The lowest BCUT2D eigenvalue weighted by atomic mass is 9.93. The zero-order chi connectivity index (χ0) is 12.3. The summed E-state index contributed by atoms with van der Waals surface area (Å²) in [5, 5.41) is 5.72. The highest BCUT2D eigenvalue weighted by Crippen LogP contribution is 2.36. The average molecular weight is 316 g/mol. The van der Waals surface area contributed by atoms with Crippen molar-refractivity contribution in [1.82, 2.24) is 5.32 Å². The second kappa shape index (κ2) is 6.35. The van der Waals surface area contributed by atoms with E-state index in [-0.39, 0.29) is 0 Å². The topological polar surface area (TPSA) is 12.0 Å². The molecule has 0 bridgehead atoms. The van der Waals surface area contributed by atoms with Gasteiger partial charge >= 0.3 is 0 Å². The number of hydrogen-bond donors (Lipinski definition) is 1. The lowest BCUT2D eigenvalue weighted by Gasteiger charge is -2.23. The van der Waals surface area contributed by atoms with Gasteiger partial charge in [-0.25, -0.2) is 0 Å². The third-order valence-electron chi connectivity index (χ3n) is 4.20. The van der Waals surface area contributed by atoms with E-state index in [1.54, 1.807) is 0 Å². The molecule has 1 heterocycles. The van der Waals surface area contributed by atoms with Gasteiger partial charge in [0.2, 0.25) is 0 Å². The van der Waals surface area contributed by atoms with E-state index in [1.165, 1.54) is 41.5 Å². The summed E-state index contributed by atoms with van der Waals surface area (Å²) >= 11 is 5.51. The molecule has 17 heavy (non-hydrogen) atoms. The summed E-state index contributed by atoms with van der Waals surface area (Å²) in [6, 6.07) is 2.82. The standard InChI is InChI=1S/C14H22BrNS/c1-3-10-4-5-11(8-10)13(16-2)9-14-12(15)6-7-17-14/h6-7,10-11,13,16H,3-5,8-9H2,1-2H3. The molecular weight excluding hydrogens is 294 g/mol. The van der Waals surface area contributed by atoms with Crippen LogP contribution in [-0.2, 0) is 6.42 Å². The summed E-state index contributed by atoms with van der Waals surface area (Å²) < 4.78 is 1.28. The Bertz CT molecular complexity index is 350. The summed E-state index contributed by atoms with van der Waals surface area (Å²) in [5.41, 5.74) is 0. The van der Waals surface area contributed by atoms with Crippen molar-refractivity contribution in [1.29, 1.82) is 0 Å². The second-order valence-corrected chi connectivity index (χ2v) is 6.99. The van der Waals surface area contributed by atoms with Crippen LogP contribution in [0.2, 0.25) is 0 Å². The summed E-state index contributed by atoms with van der Waals surface area (Å²) in [5.74, 6) is 1.85. The molecule has 0 amide bonds. The van der Waals surface area contributed by atoms with E-state index in [9.17, 15) is 0 Å². The van der Waals surface area contributed by atoms with Crippen LogP contribution in [0.4, 0.5) is 0 Å². The third-order valence-corrected chi connectivity index (χ3v) is 6.14. The van der Waals surface area contributed by atoms with Crippen LogP contribution in [0.1, 0.15) is 37.5 Å². The van der Waals surface area contributed by atoms with Crippen LogP contribution in [-0.4, -0.2) is 13.1 Å². The van der Waals surface area contributed by atoms with Crippen molar-refractivity contribution in [2.24, 2.45) is 11.8 Å². The molecular formula is C14H22BrNS. The molecule has 1 aliphatic carbocycles. The van der Waals surface area contributed by atoms with Crippen molar-refractivity contribution in [3.05, 3.63) is 20.8 Å². The van der Waals surface area contributed by atoms with Crippen LogP contribution in [0.3, 0.4) is 0 Å². The van der Waals surface area contributed by atoms with Crippen LogP contribution in [0.5, 0.6) is 0 Å². The lowest BCUT2D eigenvalue weighted by molar-refractivity contribution is 0.363. The molecule has 0 aliphatic heterocycles. The number of halogens is 1. The third kappa shape index (κ3) is 3.33. The Labute approximate surface area is 117 Å². The van der Waals surface area contributed by atoms with Crippen LogP contribution in [0.25, 0.3) is 0 Å². The highest BCUT2D eigenvalue weighted by Gasteiger charge is 2.29. The summed E-state index contributed by atoms with van der Waals surface area (Å²) in [4.78, 5) is 1.49. The first kappa shape index (κ1) is 13.6. The fourth-order valence-electron chi connectivity index (χ4n) is 3.02. The maximum absolute atomic E-state index is 3.64. The van der Waals surface area contributed by atoms with Crippen LogP contribution in [0.15, 0.2) is 15.9 Å². The summed E-state index contributed by atoms with van der Waals surface area (Å²) in [6.45, 7) is 2.33. The Morgan fingerprint density at radius 3 is 2.88 bits per heavy atom. The Morgan fingerprint density at radius 2 is 2.35 bits per heavy atom. The molecule has 1 aliphatic rings. The molecule has 1 fully saturated rings. The lowest BCUT2D eigenvalue weighted by Crippen LogP contribution is -2.34. The Morgan fingerprint density at radius 1 is 1.53 bits per heavy atom. The van der Waals surface area contributed by atoms with Crippen molar-refractivity contribution in [3.8, 4) is 0 Å². The predicted octanol–water partition coefficient (Wildman–Crippen LogP) is 4.47. The molecule has 0 radical (unpaired) electrons. The van der Waals surface area contributed by atoms with Gasteiger partial charge in [-0.15, -0.1) is 11.3 Å². The van der Waals surface area contributed by atoms with E-state index >= 15 is 0 Å². The maximum atomic E-state index is 3.64. The fraction of sp³-hybridized carbons (Fsp3) is 0.714. The average Bonchev–Trinajstić information content (AvgIpc) is 2.95. The van der Waals surface area contributed by atoms with Crippen LogP contribution in [0, 0.1) is 11.8 Å². The quantitative estimate of drug-likeness (QED) is 0.845. The van der Waals surface area contributed by atoms with Crippen molar-refractivity contribution >= 4 is 27.3 Å². The summed E-state index contributed by atoms with van der Waals surface area (Å²) in [6.07, 6.45) is 6.80. The monoisotopic (exact) mass is 315 g/mol. The highest BCUT2D eigenvalue weighted by atomic mass is 79.9. The molecule has 1 N–H and O–H groups in total. The first-order valence-electron chi connectivity index (χ1n) is 6.63. The van der Waals surface area contributed by atoms with Gasteiger partial charge in [0.15, 0.2) is 0 Å². The van der Waals surface area contributed by atoms with Gasteiger partial charge in [-0.1, -0.05) is 19.8 Å². The van der Waals surface area contributed by atoms with Crippen molar-refractivity contribution < 1.29 is 0 Å². The van der Waals surface area contributed by atoms with E-state index in [0.717, 1.165) is 11.8 Å². The van der Waals surface area contributed by atoms with Gasteiger partial charge in [-0.3, -0.25) is 0 Å². The van der Waals surface area contributed by atoms with Gasteiger partial charge in [0.05, 0.1) is 0 Å². The van der Waals surface area contributed by atoms with Crippen molar-refractivity contribution in [2.45, 2.75) is 45.1 Å². The molecule has 0 saturated heterocycles. The number of thiophene rings is 1. The smallest absolute Gasteiger partial charge is 0.0314 e. The molecule has 0 aromatic carbocycles.